The molecule has 3 rings (SSSR count). The van der Waals surface area contributed by atoms with E-state index in [1.54, 1.807) is 29.2 Å². The standard InChI is InChI=1S/C18H15ClFNO2/c19-15-5-1-13(2-6-15)18(23)21-10-9-14(11-21)17(22)12-3-7-16(20)8-4-12/h1-8,14H,9-11H2/t14-/m0/s1. The molecule has 0 N–H and O–H groups in total. The Morgan fingerprint density at radius 2 is 1.61 bits per heavy atom. The maximum atomic E-state index is 12.9. The third-order valence-corrected chi connectivity index (χ3v) is 4.32. The number of halogens is 2. The molecule has 1 amide bonds. The Labute approximate surface area is 138 Å². The third-order valence-electron chi connectivity index (χ3n) is 4.07. The Morgan fingerprint density at radius 1 is 1.00 bits per heavy atom. The van der Waals surface area contributed by atoms with E-state index >= 15 is 0 Å². The zero-order valence-corrected chi connectivity index (χ0v) is 13.1. The highest BCUT2D eigenvalue weighted by atomic mass is 35.5. The third kappa shape index (κ3) is 3.42. The van der Waals surface area contributed by atoms with Crippen LogP contribution in [0.5, 0.6) is 0 Å². The van der Waals surface area contributed by atoms with Gasteiger partial charge in [-0.25, -0.2) is 4.39 Å². The van der Waals surface area contributed by atoms with Crippen molar-refractivity contribution in [3.63, 3.8) is 0 Å². The molecule has 1 aliphatic heterocycles. The van der Waals surface area contributed by atoms with Crippen molar-refractivity contribution in [1.82, 2.24) is 4.90 Å². The normalized spacial score (nSPS) is 17.3. The van der Waals surface area contributed by atoms with Crippen molar-refractivity contribution < 1.29 is 14.0 Å². The number of nitrogens with zero attached hydrogens (tertiary/aromatic N) is 1. The fraction of sp³-hybridized carbons (Fsp3) is 0.222. The first-order valence-electron chi connectivity index (χ1n) is 7.39. The van der Waals surface area contributed by atoms with Gasteiger partial charge in [0.1, 0.15) is 5.82 Å². The van der Waals surface area contributed by atoms with Gasteiger partial charge in [0, 0.05) is 35.2 Å². The molecule has 1 atom stereocenters. The number of hydrogen-bond donors (Lipinski definition) is 0. The van der Waals surface area contributed by atoms with Gasteiger partial charge in [-0.05, 0) is 55.0 Å². The molecular formula is C18H15ClFNO2. The van der Waals surface area contributed by atoms with Gasteiger partial charge < -0.3 is 4.90 Å². The van der Waals surface area contributed by atoms with E-state index in [1.807, 2.05) is 0 Å². The molecule has 1 fully saturated rings. The molecular weight excluding hydrogens is 317 g/mol. The molecule has 1 aliphatic rings. The zero-order valence-electron chi connectivity index (χ0n) is 12.3. The van der Waals surface area contributed by atoms with E-state index in [0.717, 1.165) is 0 Å². The Hall–Kier alpha value is -2.20. The first-order valence-corrected chi connectivity index (χ1v) is 7.77. The Bertz CT molecular complexity index is 664. The van der Waals surface area contributed by atoms with Gasteiger partial charge in [-0.15, -0.1) is 0 Å². The number of carbonyl (C=O) groups excluding carboxylic acids is 2. The van der Waals surface area contributed by atoms with Gasteiger partial charge in [0.2, 0.25) is 0 Å². The second kappa shape index (κ2) is 6.50. The molecule has 0 radical (unpaired) electrons. The topological polar surface area (TPSA) is 37.4 Å². The number of hydrogen-bond acceptors (Lipinski definition) is 2. The Morgan fingerprint density at radius 3 is 2.26 bits per heavy atom. The number of likely N-dealkylation sites (tertiary alicyclic amines) is 1. The van der Waals surface area contributed by atoms with E-state index in [2.05, 4.69) is 0 Å². The Balaban J connectivity index is 1.68. The van der Waals surface area contributed by atoms with Crippen LogP contribution in [0, 0.1) is 11.7 Å². The summed E-state index contributed by atoms with van der Waals surface area (Å²) in [6.45, 7) is 0.927. The van der Waals surface area contributed by atoms with Crippen molar-refractivity contribution in [1.29, 1.82) is 0 Å². The summed E-state index contributed by atoms with van der Waals surface area (Å²) in [6, 6.07) is 12.2. The van der Waals surface area contributed by atoms with Gasteiger partial charge in [0.25, 0.3) is 5.91 Å². The first-order chi connectivity index (χ1) is 11.0. The quantitative estimate of drug-likeness (QED) is 0.802. The minimum atomic E-state index is -0.368. The number of Topliss-reactive ketones (excluding diaryl/α,β-unsaturated/α-hetero) is 1. The van der Waals surface area contributed by atoms with E-state index in [-0.39, 0.29) is 23.4 Å². The van der Waals surface area contributed by atoms with E-state index < -0.39 is 0 Å². The lowest BCUT2D eigenvalue weighted by atomic mass is 9.97. The van der Waals surface area contributed by atoms with Crippen LogP contribution in [0.4, 0.5) is 4.39 Å². The zero-order chi connectivity index (χ0) is 16.4. The van der Waals surface area contributed by atoms with Crippen molar-refractivity contribution in [2.75, 3.05) is 13.1 Å². The monoisotopic (exact) mass is 331 g/mol. The number of rotatable bonds is 3. The second-order valence-corrected chi connectivity index (χ2v) is 6.05. The van der Waals surface area contributed by atoms with Crippen LogP contribution in [-0.2, 0) is 0 Å². The molecule has 23 heavy (non-hydrogen) atoms. The molecule has 2 aromatic rings. The van der Waals surface area contributed by atoms with Crippen molar-refractivity contribution in [3.05, 3.63) is 70.5 Å². The lowest BCUT2D eigenvalue weighted by Gasteiger charge is -2.16. The summed E-state index contributed by atoms with van der Waals surface area (Å²) in [4.78, 5) is 26.5. The molecule has 0 aromatic heterocycles. The van der Waals surface area contributed by atoms with Crippen LogP contribution >= 0.6 is 11.6 Å². The van der Waals surface area contributed by atoms with E-state index in [4.69, 9.17) is 11.6 Å². The van der Waals surface area contributed by atoms with Crippen LogP contribution in [0.25, 0.3) is 0 Å². The maximum Gasteiger partial charge on any atom is 0.253 e. The average molecular weight is 332 g/mol. The highest BCUT2D eigenvalue weighted by Crippen LogP contribution is 2.23. The smallest absolute Gasteiger partial charge is 0.253 e. The molecule has 0 unspecified atom stereocenters. The molecule has 0 spiro atoms. The van der Waals surface area contributed by atoms with Crippen LogP contribution in [0.3, 0.4) is 0 Å². The van der Waals surface area contributed by atoms with Crippen molar-refractivity contribution in [2.24, 2.45) is 5.92 Å². The van der Waals surface area contributed by atoms with E-state index in [9.17, 15) is 14.0 Å². The molecule has 0 bridgehead atoms. The largest absolute Gasteiger partial charge is 0.338 e. The number of carbonyl (C=O) groups is 2. The highest BCUT2D eigenvalue weighted by molar-refractivity contribution is 6.30. The van der Waals surface area contributed by atoms with Gasteiger partial charge in [-0.2, -0.15) is 0 Å². The molecule has 5 heteroatoms. The summed E-state index contributed by atoms with van der Waals surface area (Å²) in [6.07, 6.45) is 0.621. The van der Waals surface area contributed by atoms with Crippen LogP contribution in [-0.4, -0.2) is 29.7 Å². The van der Waals surface area contributed by atoms with E-state index in [1.165, 1.54) is 24.3 Å². The van der Waals surface area contributed by atoms with Gasteiger partial charge in [0.15, 0.2) is 5.78 Å². The van der Waals surface area contributed by atoms with Gasteiger partial charge >= 0.3 is 0 Å². The van der Waals surface area contributed by atoms with Crippen LogP contribution in [0.1, 0.15) is 27.1 Å². The van der Waals surface area contributed by atoms with Gasteiger partial charge in [-0.3, -0.25) is 9.59 Å². The minimum absolute atomic E-state index is 0.0450. The number of ketones is 1. The minimum Gasteiger partial charge on any atom is -0.338 e. The predicted molar refractivity (Wildman–Crippen MR) is 86.2 cm³/mol. The van der Waals surface area contributed by atoms with Crippen molar-refractivity contribution in [3.8, 4) is 0 Å². The first kappa shape index (κ1) is 15.7. The van der Waals surface area contributed by atoms with Crippen LogP contribution in [0.15, 0.2) is 48.5 Å². The predicted octanol–water partition coefficient (Wildman–Crippen LogP) is 3.82. The number of benzene rings is 2. The fourth-order valence-corrected chi connectivity index (χ4v) is 2.91. The molecule has 1 heterocycles. The molecule has 3 nitrogen and oxygen atoms in total. The fourth-order valence-electron chi connectivity index (χ4n) is 2.78. The SMILES string of the molecule is O=C(c1ccc(F)cc1)[C@H]1CCN(C(=O)c2ccc(Cl)cc2)C1. The summed E-state index contributed by atoms with van der Waals surface area (Å²) < 4.78 is 12.9. The van der Waals surface area contributed by atoms with E-state index in [0.29, 0.717) is 35.7 Å². The van der Waals surface area contributed by atoms with Gasteiger partial charge in [-0.1, -0.05) is 11.6 Å². The summed E-state index contributed by atoms with van der Waals surface area (Å²) >= 11 is 5.82. The van der Waals surface area contributed by atoms with Crippen LogP contribution < -0.4 is 0 Å². The second-order valence-electron chi connectivity index (χ2n) is 5.61. The van der Waals surface area contributed by atoms with Gasteiger partial charge in [0.05, 0.1) is 0 Å². The lowest BCUT2D eigenvalue weighted by molar-refractivity contribution is 0.0780. The summed E-state index contributed by atoms with van der Waals surface area (Å²) in [7, 11) is 0. The molecule has 0 saturated carbocycles. The van der Waals surface area contributed by atoms with Crippen molar-refractivity contribution in [2.45, 2.75) is 6.42 Å². The molecule has 118 valence electrons. The lowest BCUT2D eigenvalue weighted by Crippen LogP contribution is -2.30. The summed E-state index contributed by atoms with van der Waals surface area (Å²) in [5.74, 6) is -0.753. The number of amides is 1. The summed E-state index contributed by atoms with van der Waals surface area (Å²) in [5, 5.41) is 0.576. The molecule has 1 saturated heterocycles. The molecule has 0 aliphatic carbocycles. The van der Waals surface area contributed by atoms with Crippen molar-refractivity contribution >= 4 is 23.3 Å². The summed E-state index contributed by atoms with van der Waals surface area (Å²) in [5.41, 5.74) is 1.04. The maximum absolute atomic E-state index is 12.9. The van der Waals surface area contributed by atoms with Crippen LogP contribution in [0.2, 0.25) is 5.02 Å². The molecule has 2 aromatic carbocycles. The average Bonchev–Trinajstić information content (AvgIpc) is 3.05. The highest BCUT2D eigenvalue weighted by Gasteiger charge is 2.31. The Kier molecular flexibility index (Phi) is 4.44.